The second-order valence-corrected chi connectivity index (χ2v) is 8.04. The van der Waals surface area contributed by atoms with Gasteiger partial charge in [0.2, 0.25) is 5.88 Å². The van der Waals surface area contributed by atoms with Crippen molar-refractivity contribution in [3.05, 3.63) is 84.1 Å². The third kappa shape index (κ3) is 7.27. The lowest BCUT2D eigenvalue weighted by Gasteiger charge is -2.14. The van der Waals surface area contributed by atoms with Gasteiger partial charge in [0.05, 0.1) is 6.61 Å². The van der Waals surface area contributed by atoms with E-state index in [2.05, 4.69) is 17.2 Å². The molecule has 0 radical (unpaired) electrons. The number of nitrogens with zero attached hydrogens (tertiary/aromatic N) is 1. The Morgan fingerprint density at radius 2 is 1.78 bits per heavy atom. The summed E-state index contributed by atoms with van der Waals surface area (Å²) in [6, 6.07) is 20.4. The van der Waals surface area contributed by atoms with Gasteiger partial charge in [-0.25, -0.2) is 4.98 Å². The summed E-state index contributed by atoms with van der Waals surface area (Å²) in [4.78, 5) is 16.8. The minimum atomic E-state index is -0.213. The van der Waals surface area contributed by atoms with Gasteiger partial charge in [-0.3, -0.25) is 4.79 Å². The molecule has 3 rings (SSSR count). The van der Waals surface area contributed by atoms with Crippen LogP contribution in [0.25, 0.3) is 0 Å². The zero-order valence-corrected chi connectivity index (χ0v) is 19.1. The number of amides is 1. The summed E-state index contributed by atoms with van der Waals surface area (Å²) in [6.07, 6.45) is 5.62. The average Bonchev–Trinajstić information content (AvgIpc) is 2.84. The minimum Gasteiger partial charge on any atom is -0.493 e. The monoisotopic (exact) mass is 452 g/mol. The Morgan fingerprint density at radius 1 is 1.00 bits per heavy atom. The van der Waals surface area contributed by atoms with Gasteiger partial charge in [0.15, 0.2) is 0 Å². The van der Waals surface area contributed by atoms with Crippen LogP contribution in [-0.4, -0.2) is 22.9 Å². The van der Waals surface area contributed by atoms with E-state index in [4.69, 9.17) is 21.1 Å². The minimum absolute atomic E-state index is 0.213. The highest BCUT2D eigenvalue weighted by molar-refractivity contribution is 6.20. The second kappa shape index (κ2) is 12.7. The van der Waals surface area contributed by atoms with Gasteiger partial charge in [0, 0.05) is 22.7 Å². The zero-order chi connectivity index (χ0) is 22.6. The molecule has 6 heteroatoms. The molecule has 0 bridgehead atoms. The Kier molecular flexibility index (Phi) is 9.38. The number of halogens is 1. The first kappa shape index (κ1) is 23.6. The Labute approximate surface area is 194 Å². The topological polar surface area (TPSA) is 60.5 Å². The molecule has 0 saturated carbocycles. The lowest BCUT2D eigenvalue weighted by atomic mass is 10.1. The summed E-state index contributed by atoms with van der Waals surface area (Å²) < 4.78 is 11.9. The summed E-state index contributed by atoms with van der Waals surface area (Å²) in [5, 5.41) is 3.11. The van der Waals surface area contributed by atoms with Crippen LogP contribution in [0.5, 0.6) is 11.6 Å². The number of rotatable bonds is 12. The molecule has 0 spiro atoms. The maximum absolute atomic E-state index is 12.5. The van der Waals surface area contributed by atoms with E-state index >= 15 is 0 Å². The molecule has 0 aliphatic heterocycles. The van der Waals surface area contributed by atoms with Gasteiger partial charge in [-0.1, -0.05) is 43.3 Å². The number of hydrogen-bond acceptors (Lipinski definition) is 4. The molecule has 1 amide bonds. The van der Waals surface area contributed by atoms with Crippen molar-refractivity contribution in [1.29, 1.82) is 0 Å². The fraction of sp³-hybridized carbons (Fsp3) is 0.308. The summed E-state index contributed by atoms with van der Waals surface area (Å²) in [7, 11) is 0. The first-order chi connectivity index (χ1) is 15.7. The molecule has 0 fully saturated rings. The number of carbonyl (C=O) groups is 1. The van der Waals surface area contributed by atoms with E-state index in [1.54, 1.807) is 30.5 Å². The predicted octanol–water partition coefficient (Wildman–Crippen LogP) is 6.48. The number of carbonyl (C=O) groups excluding carboxylic acids is 1. The molecule has 1 heterocycles. The van der Waals surface area contributed by atoms with E-state index in [9.17, 15) is 4.79 Å². The smallest absolute Gasteiger partial charge is 0.255 e. The van der Waals surface area contributed by atoms with Crippen molar-refractivity contribution in [2.24, 2.45) is 0 Å². The number of benzene rings is 2. The molecule has 32 heavy (non-hydrogen) atoms. The molecule has 1 N–H and O–H groups in total. The molecule has 0 aliphatic rings. The Hall–Kier alpha value is -3.05. The average molecular weight is 453 g/mol. The van der Waals surface area contributed by atoms with Crippen molar-refractivity contribution in [2.45, 2.75) is 44.6 Å². The molecule has 2 aromatic carbocycles. The van der Waals surface area contributed by atoms with E-state index < -0.39 is 0 Å². The Balaban J connectivity index is 1.57. The quantitative estimate of drug-likeness (QED) is 0.252. The van der Waals surface area contributed by atoms with Crippen LogP contribution in [0.1, 0.15) is 48.5 Å². The van der Waals surface area contributed by atoms with Crippen molar-refractivity contribution >= 4 is 23.2 Å². The van der Waals surface area contributed by atoms with Gasteiger partial charge in [-0.2, -0.15) is 0 Å². The molecule has 1 unspecified atom stereocenters. The van der Waals surface area contributed by atoms with Crippen molar-refractivity contribution in [3.63, 3.8) is 0 Å². The maximum atomic E-state index is 12.5. The number of pyridine rings is 1. The van der Waals surface area contributed by atoms with Crippen LogP contribution in [0, 0.1) is 0 Å². The summed E-state index contributed by atoms with van der Waals surface area (Å²) in [5.41, 5.74) is 2.01. The van der Waals surface area contributed by atoms with Gasteiger partial charge in [0.1, 0.15) is 18.0 Å². The number of unbranched alkanes of at least 4 members (excludes halogenated alkanes) is 1. The first-order valence-electron chi connectivity index (χ1n) is 11.0. The molecule has 3 aromatic rings. The molecule has 1 aromatic heterocycles. The van der Waals surface area contributed by atoms with E-state index in [0.717, 1.165) is 37.0 Å². The first-order valence-corrected chi connectivity index (χ1v) is 11.4. The van der Waals surface area contributed by atoms with E-state index in [-0.39, 0.29) is 17.9 Å². The van der Waals surface area contributed by atoms with Gasteiger partial charge in [-0.15, -0.1) is 11.6 Å². The van der Waals surface area contributed by atoms with E-state index in [0.29, 0.717) is 23.7 Å². The lowest BCUT2D eigenvalue weighted by molar-refractivity contribution is 0.102. The Morgan fingerprint density at radius 3 is 2.59 bits per heavy atom. The van der Waals surface area contributed by atoms with Crippen LogP contribution in [0.2, 0.25) is 0 Å². The third-order valence-electron chi connectivity index (χ3n) is 5.00. The number of hydrogen-bond donors (Lipinski definition) is 1. The molecular weight excluding hydrogens is 424 g/mol. The molecule has 5 nitrogen and oxygen atoms in total. The zero-order valence-electron chi connectivity index (χ0n) is 18.3. The van der Waals surface area contributed by atoms with Crippen molar-refractivity contribution in [3.8, 4) is 11.6 Å². The molecule has 0 aliphatic carbocycles. The fourth-order valence-electron chi connectivity index (χ4n) is 3.15. The van der Waals surface area contributed by atoms with Gasteiger partial charge < -0.3 is 14.8 Å². The van der Waals surface area contributed by atoms with Crippen LogP contribution in [-0.2, 0) is 6.61 Å². The third-order valence-corrected chi connectivity index (χ3v) is 5.53. The standard InChI is InChI=1S/C26H29ClN2O3/c1-2-22(27)14-8-9-18-31-24-16-7-6-13-21(24)19-32-26-23(15-10-17-28-26)29-25(30)20-11-4-3-5-12-20/h3-7,10-13,15-17,22H,2,8-9,14,18-19H2,1H3,(H,29,30). The molecule has 1 atom stereocenters. The van der Waals surface area contributed by atoms with E-state index in [1.807, 2.05) is 42.5 Å². The largest absolute Gasteiger partial charge is 0.493 e. The fourth-order valence-corrected chi connectivity index (χ4v) is 3.30. The van der Waals surface area contributed by atoms with Gasteiger partial charge in [0.25, 0.3) is 5.91 Å². The molecular formula is C26H29ClN2O3. The van der Waals surface area contributed by atoms with Gasteiger partial charge >= 0.3 is 0 Å². The van der Waals surface area contributed by atoms with Crippen LogP contribution < -0.4 is 14.8 Å². The number of ether oxygens (including phenoxy) is 2. The summed E-state index contributed by atoms with van der Waals surface area (Å²) in [6.45, 7) is 3.01. The Bertz CT molecular complexity index is 982. The lowest BCUT2D eigenvalue weighted by Crippen LogP contribution is -2.13. The number of aromatic nitrogens is 1. The van der Waals surface area contributed by atoms with Crippen molar-refractivity contribution < 1.29 is 14.3 Å². The van der Waals surface area contributed by atoms with Gasteiger partial charge in [-0.05, 0) is 56.0 Å². The number of para-hydroxylation sites is 1. The highest BCUT2D eigenvalue weighted by atomic mass is 35.5. The second-order valence-electron chi connectivity index (χ2n) is 7.42. The molecule has 168 valence electrons. The van der Waals surface area contributed by atoms with Crippen molar-refractivity contribution in [1.82, 2.24) is 4.98 Å². The van der Waals surface area contributed by atoms with Crippen LogP contribution in [0.15, 0.2) is 72.9 Å². The van der Waals surface area contributed by atoms with Crippen LogP contribution in [0.4, 0.5) is 5.69 Å². The summed E-state index contributed by atoms with van der Waals surface area (Å²) >= 11 is 6.18. The number of anilines is 1. The van der Waals surface area contributed by atoms with E-state index in [1.165, 1.54) is 0 Å². The normalized spacial score (nSPS) is 11.6. The van der Waals surface area contributed by atoms with Crippen LogP contribution in [0.3, 0.4) is 0 Å². The highest BCUT2D eigenvalue weighted by Gasteiger charge is 2.12. The number of nitrogens with one attached hydrogen (secondary N) is 1. The van der Waals surface area contributed by atoms with Crippen LogP contribution >= 0.6 is 11.6 Å². The summed E-state index contributed by atoms with van der Waals surface area (Å²) in [5.74, 6) is 0.935. The maximum Gasteiger partial charge on any atom is 0.255 e. The van der Waals surface area contributed by atoms with Crippen molar-refractivity contribution in [2.75, 3.05) is 11.9 Å². The highest BCUT2D eigenvalue weighted by Crippen LogP contribution is 2.25. The number of alkyl halides is 1. The molecule has 0 saturated heterocycles. The SMILES string of the molecule is CCC(Cl)CCCCOc1ccccc1COc1ncccc1NC(=O)c1ccccc1. The predicted molar refractivity (Wildman–Crippen MR) is 129 cm³/mol.